The molecule has 2 aliphatic rings. The molecule has 0 unspecified atom stereocenters. The van der Waals surface area contributed by atoms with E-state index in [1.807, 2.05) is 66.9 Å². The molecule has 33 heavy (non-hydrogen) atoms. The SMILES string of the molecule is O=C(NCc1cn(-c2ccccc2)nc1-c1ccccc1)C1=CC=CN2CCS(=O)(=O)N=C12. The van der Waals surface area contributed by atoms with Gasteiger partial charge in [-0.2, -0.15) is 5.10 Å². The lowest BCUT2D eigenvalue weighted by atomic mass is 10.1. The zero-order valence-electron chi connectivity index (χ0n) is 17.6. The number of nitrogens with one attached hydrogen (secondary N) is 1. The van der Waals surface area contributed by atoms with Gasteiger partial charge in [0.25, 0.3) is 15.9 Å². The summed E-state index contributed by atoms with van der Waals surface area (Å²) in [6.45, 7) is 0.487. The summed E-state index contributed by atoms with van der Waals surface area (Å²) < 4.78 is 29.6. The van der Waals surface area contributed by atoms with Gasteiger partial charge in [0.2, 0.25) is 0 Å². The molecule has 0 atom stereocenters. The molecule has 1 amide bonds. The van der Waals surface area contributed by atoms with Gasteiger partial charge in [-0.15, -0.1) is 4.40 Å². The number of sulfonamides is 1. The van der Waals surface area contributed by atoms with Crippen LogP contribution in [0.5, 0.6) is 0 Å². The Bertz CT molecular complexity index is 1390. The van der Waals surface area contributed by atoms with Crippen molar-refractivity contribution in [2.24, 2.45) is 4.40 Å². The molecule has 2 aromatic carbocycles. The normalized spacial score (nSPS) is 16.5. The summed E-state index contributed by atoms with van der Waals surface area (Å²) in [5.41, 5.74) is 3.66. The molecular weight excluding hydrogens is 438 g/mol. The Balaban J connectivity index is 1.43. The molecule has 0 bridgehead atoms. The summed E-state index contributed by atoms with van der Waals surface area (Å²) in [6.07, 6.45) is 6.91. The predicted octanol–water partition coefficient (Wildman–Crippen LogP) is 2.65. The summed E-state index contributed by atoms with van der Waals surface area (Å²) in [7, 11) is -3.58. The second-order valence-corrected chi connectivity index (χ2v) is 9.40. The molecule has 0 radical (unpaired) electrons. The molecule has 2 aliphatic heterocycles. The number of carbonyl (C=O) groups is 1. The largest absolute Gasteiger partial charge is 0.348 e. The average Bonchev–Trinajstić information content (AvgIpc) is 3.27. The third-order valence-corrected chi connectivity index (χ3v) is 6.55. The lowest BCUT2D eigenvalue weighted by Gasteiger charge is -2.28. The number of aromatic nitrogens is 2. The highest BCUT2D eigenvalue weighted by molar-refractivity contribution is 7.90. The summed E-state index contributed by atoms with van der Waals surface area (Å²) >= 11 is 0. The molecular formula is C24H21N5O3S. The molecule has 0 saturated heterocycles. The van der Waals surface area contributed by atoms with Crippen LogP contribution in [0.15, 0.2) is 95.2 Å². The van der Waals surface area contributed by atoms with E-state index in [2.05, 4.69) is 9.71 Å². The van der Waals surface area contributed by atoms with Crippen LogP contribution in [0.4, 0.5) is 0 Å². The van der Waals surface area contributed by atoms with E-state index in [0.717, 1.165) is 22.5 Å². The van der Waals surface area contributed by atoms with Gasteiger partial charge in [0.15, 0.2) is 5.84 Å². The monoisotopic (exact) mass is 459 g/mol. The first-order valence-electron chi connectivity index (χ1n) is 10.5. The third-order valence-electron chi connectivity index (χ3n) is 5.40. The van der Waals surface area contributed by atoms with Crippen molar-refractivity contribution in [2.75, 3.05) is 12.3 Å². The van der Waals surface area contributed by atoms with Crippen LogP contribution in [-0.2, 0) is 21.4 Å². The standard InChI is InChI=1S/C24H21N5O3S/c30-24(21-12-7-13-28-14-15-33(31,32)27-23(21)28)25-16-19-17-29(20-10-5-2-6-11-20)26-22(19)18-8-3-1-4-9-18/h1-13,17H,14-16H2,(H,25,30). The molecule has 8 nitrogen and oxygen atoms in total. The first kappa shape index (κ1) is 20.9. The highest BCUT2D eigenvalue weighted by atomic mass is 32.2. The summed E-state index contributed by atoms with van der Waals surface area (Å²) in [5, 5.41) is 7.66. The smallest absolute Gasteiger partial charge is 0.256 e. The Hall–Kier alpha value is -3.98. The summed E-state index contributed by atoms with van der Waals surface area (Å²) in [4.78, 5) is 14.7. The lowest BCUT2D eigenvalue weighted by Crippen LogP contribution is -2.42. The highest BCUT2D eigenvalue weighted by Crippen LogP contribution is 2.24. The second-order valence-electron chi connectivity index (χ2n) is 7.65. The van der Waals surface area contributed by atoms with Gasteiger partial charge >= 0.3 is 0 Å². The van der Waals surface area contributed by atoms with Gasteiger partial charge in [0, 0.05) is 36.6 Å². The van der Waals surface area contributed by atoms with E-state index < -0.39 is 15.9 Å². The molecule has 0 aliphatic carbocycles. The minimum absolute atomic E-state index is 0.0746. The van der Waals surface area contributed by atoms with Gasteiger partial charge in [-0.25, -0.2) is 13.1 Å². The fourth-order valence-electron chi connectivity index (χ4n) is 3.76. The number of rotatable bonds is 5. The van der Waals surface area contributed by atoms with Crippen LogP contribution in [-0.4, -0.2) is 47.1 Å². The average molecular weight is 460 g/mol. The van der Waals surface area contributed by atoms with E-state index >= 15 is 0 Å². The zero-order chi connectivity index (χ0) is 22.8. The number of fused-ring (bicyclic) bond motifs is 1. The van der Waals surface area contributed by atoms with E-state index in [1.54, 1.807) is 27.9 Å². The van der Waals surface area contributed by atoms with E-state index in [4.69, 9.17) is 5.10 Å². The predicted molar refractivity (Wildman–Crippen MR) is 126 cm³/mol. The van der Waals surface area contributed by atoms with Crippen LogP contribution in [0.3, 0.4) is 0 Å². The first-order valence-corrected chi connectivity index (χ1v) is 12.1. The number of amidine groups is 1. The maximum Gasteiger partial charge on any atom is 0.256 e. The number of hydrogen-bond acceptors (Lipinski definition) is 5. The minimum atomic E-state index is -3.58. The molecule has 0 spiro atoms. The first-order chi connectivity index (χ1) is 16.0. The van der Waals surface area contributed by atoms with Crippen LogP contribution in [0, 0.1) is 0 Å². The van der Waals surface area contributed by atoms with Crippen molar-refractivity contribution in [3.05, 3.63) is 96.3 Å². The van der Waals surface area contributed by atoms with E-state index in [-0.39, 0.29) is 30.3 Å². The molecule has 0 saturated carbocycles. The zero-order valence-corrected chi connectivity index (χ0v) is 18.4. The molecule has 3 aromatic rings. The van der Waals surface area contributed by atoms with Gasteiger partial charge in [-0.05, 0) is 24.3 Å². The molecule has 166 valence electrons. The number of carbonyl (C=O) groups excluding carboxylic acids is 1. The van der Waals surface area contributed by atoms with E-state index in [1.165, 1.54) is 0 Å². The minimum Gasteiger partial charge on any atom is -0.348 e. The van der Waals surface area contributed by atoms with E-state index in [0.29, 0.717) is 0 Å². The number of hydrogen-bond donors (Lipinski definition) is 1. The number of amides is 1. The third kappa shape index (κ3) is 4.35. The van der Waals surface area contributed by atoms with Gasteiger partial charge in [-0.1, -0.05) is 48.5 Å². The maximum absolute atomic E-state index is 13.0. The lowest BCUT2D eigenvalue weighted by molar-refractivity contribution is -0.117. The Morgan fingerprint density at radius 3 is 2.52 bits per heavy atom. The Labute approximate surface area is 191 Å². The fourth-order valence-corrected chi connectivity index (χ4v) is 4.74. The molecule has 0 fully saturated rings. The van der Waals surface area contributed by atoms with Crippen molar-refractivity contribution in [1.29, 1.82) is 0 Å². The van der Waals surface area contributed by atoms with Crippen molar-refractivity contribution < 1.29 is 13.2 Å². The number of allylic oxidation sites excluding steroid dienone is 2. The molecule has 1 N–H and O–H groups in total. The van der Waals surface area contributed by atoms with Crippen molar-refractivity contribution in [2.45, 2.75) is 6.54 Å². The van der Waals surface area contributed by atoms with Crippen LogP contribution < -0.4 is 5.32 Å². The van der Waals surface area contributed by atoms with Crippen molar-refractivity contribution >= 4 is 21.8 Å². The Kier molecular flexibility index (Phi) is 5.39. The van der Waals surface area contributed by atoms with Crippen molar-refractivity contribution in [1.82, 2.24) is 20.0 Å². The quantitative estimate of drug-likeness (QED) is 0.633. The van der Waals surface area contributed by atoms with Crippen LogP contribution in [0.1, 0.15) is 5.56 Å². The second kappa shape index (κ2) is 8.51. The summed E-state index contributed by atoms with van der Waals surface area (Å²) in [6, 6.07) is 19.5. The van der Waals surface area contributed by atoms with Crippen LogP contribution in [0.2, 0.25) is 0 Å². The Morgan fingerprint density at radius 1 is 1.03 bits per heavy atom. The Morgan fingerprint density at radius 2 is 1.76 bits per heavy atom. The van der Waals surface area contributed by atoms with Gasteiger partial charge in [-0.3, -0.25) is 4.79 Å². The highest BCUT2D eigenvalue weighted by Gasteiger charge is 2.30. The number of para-hydroxylation sites is 1. The molecule has 1 aromatic heterocycles. The molecule has 3 heterocycles. The molecule has 9 heteroatoms. The number of nitrogens with zero attached hydrogens (tertiary/aromatic N) is 4. The molecule has 5 rings (SSSR count). The van der Waals surface area contributed by atoms with Gasteiger partial charge in [0.1, 0.15) is 0 Å². The topological polar surface area (TPSA) is 96.7 Å². The van der Waals surface area contributed by atoms with Crippen molar-refractivity contribution in [3.8, 4) is 16.9 Å². The number of benzene rings is 2. The van der Waals surface area contributed by atoms with Gasteiger partial charge < -0.3 is 10.2 Å². The van der Waals surface area contributed by atoms with Gasteiger partial charge in [0.05, 0.1) is 22.7 Å². The summed E-state index contributed by atoms with van der Waals surface area (Å²) in [5.74, 6) is -0.314. The van der Waals surface area contributed by atoms with Crippen LogP contribution in [0.25, 0.3) is 16.9 Å². The van der Waals surface area contributed by atoms with E-state index in [9.17, 15) is 13.2 Å². The van der Waals surface area contributed by atoms with Crippen LogP contribution >= 0.6 is 0 Å². The maximum atomic E-state index is 13.0. The van der Waals surface area contributed by atoms with Crippen molar-refractivity contribution in [3.63, 3.8) is 0 Å². The fraction of sp³-hybridized carbons (Fsp3) is 0.125.